The van der Waals surface area contributed by atoms with Gasteiger partial charge in [-0.3, -0.25) is 9.36 Å². The first kappa shape index (κ1) is 13.4. The van der Waals surface area contributed by atoms with Gasteiger partial charge in [-0.25, -0.2) is 9.61 Å². The number of nitrogens with zero attached hydrogens (tertiary/aromatic N) is 4. The van der Waals surface area contributed by atoms with E-state index in [0.29, 0.717) is 34.2 Å². The first-order valence-electron chi connectivity index (χ1n) is 6.99. The van der Waals surface area contributed by atoms with Crippen LogP contribution in [-0.4, -0.2) is 27.0 Å². The zero-order valence-electron chi connectivity index (χ0n) is 12.3. The quantitative estimate of drug-likeness (QED) is 0.575. The van der Waals surface area contributed by atoms with E-state index in [1.807, 2.05) is 18.2 Å². The standard InChI is InChI=1S/C16H12N4O3/c1-22-14-4-2-3-11-15(14)17-9-20(16(11)21)8-10-5-6-12-13(7-10)19-23-18-12/h2-7,9H,8H2,1H3. The zero-order valence-corrected chi connectivity index (χ0v) is 12.3. The van der Waals surface area contributed by atoms with Gasteiger partial charge in [-0.2, -0.15) is 0 Å². The van der Waals surface area contributed by atoms with Crippen molar-refractivity contribution in [3.63, 3.8) is 0 Å². The molecule has 0 fully saturated rings. The number of methoxy groups -OCH3 is 1. The Hall–Kier alpha value is -3.22. The van der Waals surface area contributed by atoms with Gasteiger partial charge < -0.3 is 4.74 Å². The molecule has 0 amide bonds. The first-order valence-corrected chi connectivity index (χ1v) is 6.99. The van der Waals surface area contributed by atoms with E-state index in [1.165, 1.54) is 6.33 Å². The van der Waals surface area contributed by atoms with Crippen molar-refractivity contribution in [3.05, 3.63) is 58.6 Å². The minimum absolute atomic E-state index is 0.118. The fraction of sp³-hybridized carbons (Fsp3) is 0.125. The molecule has 7 nitrogen and oxygen atoms in total. The minimum atomic E-state index is -0.118. The normalized spacial score (nSPS) is 11.2. The molecule has 4 rings (SSSR count). The van der Waals surface area contributed by atoms with Gasteiger partial charge in [0.2, 0.25) is 0 Å². The molecule has 0 N–H and O–H groups in total. The summed E-state index contributed by atoms with van der Waals surface area (Å²) >= 11 is 0. The Balaban J connectivity index is 1.79. The van der Waals surface area contributed by atoms with Crippen LogP contribution in [0.3, 0.4) is 0 Å². The first-order chi connectivity index (χ1) is 11.3. The van der Waals surface area contributed by atoms with E-state index >= 15 is 0 Å². The summed E-state index contributed by atoms with van der Waals surface area (Å²) in [6, 6.07) is 10.8. The molecule has 0 spiro atoms. The van der Waals surface area contributed by atoms with Gasteiger partial charge in [0.05, 0.1) is 25.4 Å². The molecule has 114 valence electrons. The van der Waals surface area contributed by atoms with E-state index in [2.05, 4.69) is 19.9 Å². The van der Waals surface area contributed by atoms with E-state index in [9.17, 15) is 4.79 Å². The second-order valence-electron chi connectivity index (χ2n) is 5.12. The predicted octanol–water partition coefficient (Wildman–Crippen LogP) is 1.99. The van der Waals surface area contributed by atoms with Crippen LogP contribution in [0, 0.1) is 0 Å². The zero-order chi connectivity index (χ0) is 15.8. The molecule has 0 aliphatic carbocycles. The SMILES string of the molecule is COc1cccc2c(=O)n(Cc3ccc4nonc4c3)cnc12. The molecule has 7 heteroatoms. The van der Waals surface area contributed by atoms with Gasteiger partial charge in [0, 0.05) is 0 Å². The number of rotatable bonds is 3. The Morgan fingerprint density at radius 3 is 2.91 bits per heavy atom. The van der Waals surface area contributed by atoms with Crippen molar-refractivity contribution in [2.75, 3.05) is 7.11 Å². The summed E-state index contributed by atoms with van der Waals surface area (Å²) in [6.45, 7) is 0.391. The highest BCUT2D eigenvalue weighted by molar-refractivity contribution is 5.83. The number of ether oxygens (including phenoxy) is 1. The van der Waals surface area contributed by atoms with E-state index in [1.54, 1.807) is 29.9 Å². The van der Waals surface area contributed by atoms with Crippen molar-refractivity contribution in [2.45, 2.75) is 6.54 Å². The molecule has 0 unspecified atom stereocenters. The highest BCUT2D eigenvalue weighted by Gasteiger charge is 2.09. The maximum atomic E-state index is 12.6. The summed E-state index contributed by atoms with van der Waals surface area (Å²) in [7, 11) is 1.56. The lowest BCUT2D eigenvalue weighted by molar-refractivity contribution is 0.315. The van der Waals surface area contributed by atoms with Crippen LogP contribution in [0.15, 0.2) is 52.1 Å². The molecule has 2 heterocycles. The van der Waals surface area contributed by atoms with E-state index in [-0.39, 0.29) is 5.56 Å². The Morgan fingerprint density at radius 2 is 2.04 bits per heavy atom. The van der Waals surface area contributed by atoms with E-state index in [4.69, 9.17) is 4.74 Å². The predicted molar refractivity (Wildman–Crippen MR) is 83.5 cm³/mol. The van der Waals surface area contributed by atoms with Crippen LogP contribution in [0.1, 0.15) is 5.56 Å². The molecule has 0 atom stereocenters. The Bertz CT molecular complexity index is 1070. The Kier molecular flexibility index (Phi) is 3.04. The van der Waals surface area contributed by atoms with Gasteiger partial charge in [0.15, 0.2) is 0 Å². The molecule has 0 radical (unpaired) electrons. The highest BCUT2D eigenvalue weighted by Crippen LogP contribution is 2.20. The van der Waals surface area contributed by atoms with Crippen LogP contribution in [0.25, 0.3) is 21.9 Å². The van der Waals surface area contributed by atoms with Gasteiger partial charge in [-0.05, 0) is 40.1 Å². The lowest BCUT2D eigenvalue weighted by Crippen LogP contribution is -2.21. The van der Waals surface area contributed by atoms with Crippen molar-refractivity contribution in [2.24, 2.45) is 0 Å². The summed E-state index contributed by atoms with van der Waals surface area (Å²) in [6.07, 6.45) is 1.53. The lowest BCUT2D eigenvalue weighted by atomic mass is 10.2. The molecule has 2 aromatic heterocycles. The maximum absolute atomic E-state index is 12.6. The monoisotopic (exact) mass is 308 g/mol. The van der Waals surface area contributed by atoms with Gasteiger partial charge in [0.1, 0.15) is 22.3 Å². The average Bonchev–Trinajstić information content (AvgIpc) is 3.04. The van der Waals surface area contributed by atoms with Crippen molar-refractivity contribution < 1.29 is 9.37 Å². The molecule has 0 saturated carbocycles. The van der Waals surface area contributed by atoms with Crippen molar-refractivity contribution >= 4 is 21.9 Å². The molecule has 0 aliphatic heterocycles. The van der Waals surface area contributed by atoms with Crippen LogP contribution >= 0.6 is 0 Å². The number of benzene rings is 2. The number of hydrogen-bond donors (Lipinski definition) is 0. The van der Waals surface area contributed by atoms with Crippen LogP contribution < -0.4 is 10.3 Å². The average molecular weight is 308 g/mol. The number of fused-ring (bicyclic) bond motifs is 2. The van der Waals surface area contributed by atoms with E-state index < -0.39 is 0 Å². The lowest BCUT2D eigenvalue weighted by Gasteiger charge is -2.08. The Labute approximate surface area is 130 Å². The molecule has 0 aliphatic rings. The highest BCUT2D eigenvalue weighted by atomic mass is 16.6. The van der Waals surface area contributed by atoms with Gasteiger partial charge in [-0.15, -0.1) is 0 Å². The number of aromatic nitrogens is 4. The molecule has 4 aromatic rings. The largest absolute Gasteiger partial charge is 0.494 e. The summed E-state index contributed by atoms with van der Waals surface area (Å²) in [5, 5.41) is 8.10. The van der Waals surface area contributed by atoms with E-state index in [0.717, 1.165) is 5.56 Å². The maximum Gasteiger partial charge on any atom is 0.261 e. The van der Waals surface area contributed by atoms with Gasteiger partial charge in [-0.1, -0.05) is 12.1 Å². The second kappa shape index (κ2) is 5.20. The summed E-state index contributed by atoms with van der Waals surface area (Å²) in [5.74, 6) is 0.585. The molecular weight excluding hydrogens is 296 g/mol. The van der Waals surface area contributed by atoms with Crippen LogP contribution in [-0.2, 0) is 6.54 Å². The summed E-state index contributed by atoms with van der Waals surface area (Å²) in [5.41, 5.74) is 2.70. The Morgan fingerprint density at radius 1 is 1.17 bits per heavy atom. The van der Waals surface area contributed by atoms with Crippen LogP contribution in [0.5, 0.6) is 5.75 Å². The van der Waals surface area contributed by atoms with Crippen molar-refractivity contribution in [1.82, 2.24) is 19.9 Å². The molecular formula is C16H12N4O3. The third kappa shape index (κ3) is 2.22. The van der Waals surface area contributed by atoms with Crippen molar-refractivity contribution in [3.8, 4) is 5.75 Å². The smallest absolute Gasteiger partial charge is 0.261 e. The molecule has 23 heavy (non-hydrogen) atoms. The number of hydrogen-bond acceptors (Lipinski definition) is 6. The molecule has 0 bridgehead atoms. The fourth-order valence-electron chi connectivity index (χ4n) is 2.56. The van der Waals surface area contributed by atoms with Gasteiger partial charge in [0.25, 0.3) is 5.56 Å². The third-order valence-corrected chi connectivity index (χ3v) is 3.71. The summed E-state index contributed by atoms with van der Waals surface area (Å²) in [4.78, 5) is 17.0. The second-order valence-corrected chi connectivity index (χ2v) is 5.12. The summed E-state index contributed by atoms with van der Waals surface area (Å²) < 4.78 is 11.5. The van der Waals surface area contributed by atoms with Gasteiger partial charge >= 0.3 is 0 Å². The number of para-hydroxylation sites is 1. The van der Waals surface area contributed by atoms with Crippen LogP contribution in [0.2, 0.25) is 0 Å². The molecule has 2 aromatic carbocycles. The van der Waals surface area contributed by atoms with Crippen molar-refractivity contribution in [1.29, 1.82) is 0 Å². The fourth-order valence-corrected chi connectivity index (χ4v) is 2.56. The molecule has 0 saturated heterocycles. The minimum Gasteiger partial charge on any atom is -0.494 e. The van der Waals surface area contributed by atoms with Crippen LogP contribution in [0.4, 0.5) is 0 Å². The third-order valence-electron chi connectivity index (χ3n) is 3.71. The topological polar surface area (TPSA) is 83.0 Å².